The third-order valence-electron chi connectivity index (χ3n) is 5.01. The first-order valence-electron chi connectivity index (χ1n) is 8.92. The molecule has 24 heavy (non-hydrogen) atoms. The average molecular weight is 321 g/mol. The lowest BCUT2D eigenvalue weighted by atomic mass is 9.93. The first-order valence-corrected chi connectivity index (χ1v) is 8.92. The first-order chi connectivity index (χ1) is 11.8. The van der Waals surface area contributed by atoms with Crippen LogP contribution in [0, 0.1) is 5.92 Å². The van der Waals surface area contributed by atoms with E-state index < -0.39 is 0 Å². The minimum absolute atomic E-state index is 0.0817. The van der Waals surface area contributed by atoms with Gasteiger partial charge >= 0.3 is 0 Å². The SMILES string of the molecule is O=C(Nc1ccccc1-c1cn2c(n1)CCCC2)C1CC=CCC1. The van der Waals surface area contributed by atoms with Crippen LogP contribution in [0.15, 0.2) is 42.6 Å². The number of hydrogen-bond donors (Lipinski definition) is 1. The summed E-state index contributed by atoms with van der Waals surface area (Å²) in [6, 6.07) is 8.00. The number of aromatic nitrogens is 2. The van der Waals surface area contributed by atoms with E-state index in [9.17, 15) is 4.79 Å². The number of amides is 1. The molecule has 2 aliphatic rings. The van der Waals surface area contributed by atoms with Crippen molar-refractivity contribution in [3.63, 3.8) is 0 Å². The van der Waals surface area contributed by atoms with Crippen LogP contribution in [0.5, 0.6) is 0 Å². The van der Waals surface area contributed by atoms with Crippen molar-refractivity contribution >= 4 is 11.6 Å². The molecule has 1 atom stereocenters. The highest BCUT2D eigenvalue weighted by molar-refractivity contribution is 5.96. The maximum atomic E-state index is 12.6. The second-order valence-electron chi connectivity index (χ2n) is 6.71. The number of anilines is 1. The number of fused-ring (bicyclic) bond motifs is 1. The highest BCUT2D eigenvalue weighted by atomic mass is 16.1. The molecule has 1 aromatic carbocycles. The number of benzene rings is 1. The van der Waals surface area contributed by atoms with Gasteiger partial charge < -0.3 is 9.88 Å². The molecule has 4 heteroatoms. The Morgan fingerprint density at radius 2 is 2.12 bits per heavy atom. The predicted molar refractivity (Wildman–Crippen MR) is 95.7 cm³/mol. The van der Waals surface area contributed by atoms with Gasteiger partial charge in [-0.05, 0) is 38.2 Å². The van der Waals surface area contributed by atoms with Gasteiger partial charge in [0.25, 0.3) is 0 Å². The molecule has 0 spiro atoms. The minimum Gasteiger partial charge on any atom is -0.334 e. The van der Waals surface area contributed by atoms with E-state index in [2.05, 4.69) is 28.2 Å². The summed E-state index contributed by atoms with van der Waals surface area (Å²) in [6.07, 6.45) is 12.6. The molecule has 0 bridgehead atoms. The summed E-state index contributed by atoms with van der Waals surface area (Å²) in [4.78, 5) is 17.4. The molecule has 0 saturated carbocycles. The number of nitrogens with zero attached hydrogens (tertiary/aromatic N) is 2. The Bertz CT molecular complexity index is 751. The van der Waals surface area contributed by atoms with E-state index >= 15 is 0 Å². The van der Waals surface area contributed by atoms with E-state index in [-0.39, 0.29) is 11.8 Å². The molecule has 124 valence electrons. The molecule has 1 aliphatic heterocycles. The summed E-state index contributed by atoms with van der Waals surface area (Å²) in [6.45, 7) is 1.05. The zero-order valence-electron chi connectivity index (χ0n) is 13.9. The summed E-state index contributed by atoms with van der Waals surface area (Å²) in [7, 11) is 0. The third kappa shape index (κ3) is 3.01. The zero-order valence-corrected chi connectivity index (χ0v) is 13.9. The lowest BCUT2D eigenvalue weighted by Crippen LogP contribution is -2.23. The molecule has 0 saturated heterocycles. The molecule has 1 unspecified atom stereocenters. The van der Waals surface area contributed by atoms with Crippen LogP contribution in [-0.4, -0.2) is 15.5 Å². The number of nitrogens with one attached hydrogen (secondary N) is 1. The van der Waals surface area contributed by atoms with Crippen molar-refractivity contribution in [3.05, 3.63) is 48.4 Å². The van der Waals surface area contributed by atoms with Crippen LogP contribution in [0.1, 0.15) is 37.9 Å². The fourth-order valence-corrected chi connectivity index (χ4v) is 3.62. The molecule has 2 aromatic rings. The van der Waals surface area contributed by atoms with Crippen molar-refractivity contribution < 1.29 is 4.79 Å². The molecular weight excluding hydrogens is 298 g/mol. The van der Waals surface area contributed by atoms with Crippen LogP contribution in [0.4, 0.5) is 5.69 Å². The van der Waals surface area contributed by atoms with Gasteiger partial charge in [-0.3, -0.25) is 4.79 Å². The maximum absolute atomic E-state index is 12.6. The molecule has 2 heterocycles. The fourth-order valence-electron chi connectivity index (χ4n) is 3.62. The number of carbonyl (C=O) groups is 1. The number of rotatable bonds is 3. The Morgan fingerprint density at radius 3 is 2.96 bits per heavy atom. The Morgan fingerprint density at radius 1 is 1.21 bits per heavy atom. The maximum Gasteiger partial charge on any atom is 0.227 e. The molecule has 1 aliphatic carbocycles. The lowest BCUT2D eigenvalue weighted by molar-refractivity contribution is -0.120. The van der Waals surface area contributed by atoms with Crippen LogP contribution in [-0.2, 0) is 17.8 Å². The standard InChI is InChI=1S/C20H23N3O/c24-20(15-8-2-1-3-9-15)22-17-11-5-4-10-16(17)18-14-23-13-7-6-12-19(23)21-18/h1-2,4-5,10-11,14-15H,3,6-9,12-13H2,(H,22,24). The summed E-state index contributed by atoms with van der Waals surface area (Å²) in [5.74, 6) is 1.36. The third-order valence-corrected chi connectivity index (χ3v) is 5.01. The average Bonchev–Trinajstić information content (AvgIpc) is 3.07. The summed E-state index contributed by atoms with van der Waals surface area (Å²) in [5, 5.41) is 3.14. The van der Waals surface area contributed by atoms with Gasteiger partial charge in [0, 0.05) is 30.6 Å². The van der Waals surface area contributed by atoms with Crippen LogP contribution >= 0.6 is 0 Å². The molecule has 0 fully saturated rings. The van der Waals surface area contributed by atoms with Crippen molar-refractivity contribution in [2.75, 3.05) is 5.32 Å². The summed E-state index contributed by atoms with van der Waals surface area (Å²) < 4.78 is 2.25. The second kappa shape index (κ2) is 6.63. The molecular formula is C20H23N3O. The van der Waals surface area contributed by atoms with Crippen molar-refractivity contribution in [2.45, 2.75) is 45.1 Å². The monoisotopic (exact) mass is 321 g/mol. The summed E-state index contributed by atoms with van der Waals surface area (Å²) >= 11 is 0. The summed E-state index contributed by atoms with van der Waals surface area (Å²) in [5.41, 5.74) is 2.85. The quantitative estimate of drug-likeness (QED) is 0.862. The molecule has 1 N–H and O–H groups in total. The lowest BCUT2D eigenvalue weighted by Gasteiger charge is -2.18. The Kier molecular flexibility index (Phi) is 4.20. The molecule has 4 nitrogen and oxygen atoms in total. The van der Waals surface area contributed by atoms with E-state index in [1.807, 2.05) is 24.3 Å². The first kappa shape index (κ1) is 15.2. The van der Waals surface area contributed by atoms with Gasteiger partial charge in [-0.15, -0.1) is 0 Å². The van der Waals surface area contributed by atoms with Crippen LogP contribution in [0.2, 0.25) is 0 Å². The predicted octanol–water partition coefficient (Wildman–Crippen LogP) is 4.18. The number of carbonyl (C=O) groups excluding carboxylic acids is 1. The van der Waals surface area contributed by atoms with Gasteiger partial charge in [-0.2, -0.15) is 0 Å². The van der Waals surface area contributed by atoms with Crippen molar-refractivity contribution in [3.8, 4) is 11.3 Å². The topological polar surface area (TPSA) is 46.9 Å². The Labute approximate surface area is 142 Å². The fraction of sp³-hybridized carbons (Fsp3) is 0.400. The number of aryl methyl sites for hydroxylation is 2. The highest BCUT2D eigenvalue weighted by Gasteiger charge is 2.21. The molecule has 1 aromatic heterocycles. The van der Waals surface area contributed by atoms with Gasteiger partial charge in [-0.25, -0.2) is 4.98 Å². The molecule has 0 radical (unpaired) electrons. The van der Waals surface area contributed by atoms with E-state index in [0.29, 0.717) is 0 Å². The normalized spacial score (nSPS) is 19.8. The largest absolute Gasteiger partial charge is 0.334 e. The van der Waals surface area contributed by atoms with Crippen LogP contribution in [0.3, 0.4) is 0 Å². The van der Waals surface area contributed by atoms with Crippen molar-refractivity contribution in [1.82, 2.24) is 9.55 Å². The van der Waals surface area contributed by atoms with Gasteiger partial charge in [0.15, 0.2) is 0 Å². The number of para-hydroxylation sites is 1. The number of hydrogen-bond acceptors (Lipinski definition) is 2. The number of imidazole rings is 1. The Balaban J connectivity index is 1.59. The van der Waals surface area contributed by atoms with Crippen LogP contribution in [0.25, 0.3) is 11.3 Å². The van der Waals surface area contributed by atoms with Crippen LogP contribution < -0.4 is 5.32 Å². The van der Waals surface area contributed by atoms with Gasteiger partial charge in [0.2, 0.25) is 5.91 Å². The smallest absolute Gasteiger partial charge is 0.227 e. The van der Waals surface area contributed by atoms with E-state index in [0.717, 1.165) is 55.0 Å². The minimum atomic E-state index is 0.0817. The van der Waals surface area contributed by atoms with E-state index in [1.165, 1.54) is 12.8 Å². The van der Waals surface area contributed by atoms with E-state index in [1.54, 1.807) is 0 Å². The molecule has 4 rings (SSSR count). The number of allylic oxidation sites excluding steroid dienone is 2. The zero-order chi connectivity index (χ0) is 16.4. The van der Waals surface area contributed by atoms with Gasteiger partial charge in [-0.1, -0.05) is 30.4 Å². The van der Waals surface area contributed by atoms with Crippen molar-refractivity contribution in [1.29, 1.82) is 0 Å². The van der Waals surface area contributed by atoms with Gasteiger partial charge in [0.05, 0.1) is 11.4 Å². The highest BCUT2D eigenvalue weighted by Crippen LogP contribution is 2.30. The van der Waals surface area contributed by atoms with Gasteiger partial charge in [0.1, 0.15) is 5.82 Å². The van der Waals surface area contributed by atoms with E-state index in [4.69, 9.17) is 4.98 Å². The molecule has 1 amide bonds. The van der Waals surface area contributed by atoms with Crippen molar-refractivity contribution in [2.24, 2.45) is 5.92 Å². The second-order valence-corrected chi connectivity index (χ2v) is 6.71. The Hall–Kier alpha value is -2.36.